The van der Waals surface area contributed by atoms with E-state index in [4.69, 9.17) is 15.2 Å². The molecular formula is C17H27NO2. The van der Waals surface area contributed by atoms with Gasteiger partial charge in [0.25, 0.3) is 0 Å². The highest BCUT2D eigenvalue weighted by molar-refractivity contribution is 5.35. The zero-order valence-electron chi connectivity index (χ0n) is 12.5. The van der Waals surface area contributed by atoms with Crippen LogP contribution < -0.4 is 10.5 Å². The van der Waals surface area contributed by atoms with Crippen molar-refractivity contribution in [2.75, 3.05) is 13.2 Å². The van der Waals surface area contributed by atoms with E-state index in [-0.39, 0.29) is 6.04 Å². The highest BCUT2D eigenvalue weighted by Crippen LogP contribution is 2.25. The minimum atomic E-state index is -0.110. The van der Waals surface area contributed by atoms with Gasteiger partial charge in [-0.3, -0.25) is 0 Å². The molecule has 1 saturated carbocycles. The van der Waals surface area contributed by atoms with E-state index in [1.165, 1.54) is 38.5 Å². The van der Waals surface area contributed by atoms with E-state index >= 15 is 0 Å². The summed E-state index contributed by atoms with van der Waals surface area (Å²) in [6.07, 6.45) is 8.02. The van der Waals surface area contributed by atoms with Gasteiger partial charge in [0.05, 0.1) is 25.4 Å². The number of hydrogen-bond donors (Lipinski definition) is 1. The molecule has 1 unspecified atom stereocenters. The lowest BCUT2D eigenvalue weighted by molar-refractivity contribution is 0.0341. The lowest BCUT2D eigenvalue weighted by atomic mass is 10.1. The third kappa shape index (κ3) is 4.50. The van der Waals surface area contributed by atoms with Gasteiger partial charge in [0.15, 0.2) is 0 Å². The summed E-state index contributed by atoms with van der Waals surface area (Å²) in [4.78, 5) is 0. The maximum Gasteiger partial charge on any atom is 0.124 e. The number of para-hydroxylation sites is 1. The van der Waals surface area contributed by atoms with Crippen molar-refractivity contribution in [1.82, 2.24) is 0 Å². The van der Waals surface area contributed by atoms with E-state index in [2.05, 4.69) is 0 Å². The van der Waals surface area contributed by atoms with Gasteiger partial charge < -0.3 is 15.2 Å². The maximum absolute atomic E-state index is 6.28. The van der Waals surface area contributed by atoms with Crippen molar-refractivity contribution in [3.63, 3.8) is 0 Å². The minimum absolute atomic E-state index is 0.110. The molecule has 1 atom stereocenters. The summed E-state index contributed by atoms with van der Waals surface area (Å²) in [5, 5.41) is 0. The molecule has 0 spiro atoms. The highest BCUT2D eigenvalue weighted by atomic mass is 16.5. The maximum atomic E-state index is 6.28. The monoisotopic (exact) mass is 277 g/mol. The van der Waals surface area contributed by atoms with Gasteiger partial charge in [0.1, 0.15) is 5.75 Å². The minimum Gasteiger partial charge on any atom is -0.494 e. The molecule has 2 rings (SSSR count). The molecule has 0 aromatic heterocycles. The van der Waals surface area contributed by atoms with Gasteiger partial charge in [0, 0.05) is 5.56 Å². The molecular weight excluding hydrogens is 250 g/mol. The van der Waals surface area contributed by atoms with Gasteiger partial charge in [-0.25, -0.2) is 0 Å². The zero-order valence-corrected chi connectivity index (χ0v) is 12.5. The van der Waals surface area contributed by atoms with Gasteiger partial charge in [-0.05, 0) is 25.8 Å². The molecule has 3 heteroatoms. The molecule has 112 valence electrons. The van der Waals surface area contributed by atoms with Crippen LogP contribution in [-0.2, 0) is 4.74 Å². The average molecular weight is 277 g/mol. The zero-order chi connectivity index (χ0) is 14.2. The van der Waals surface area contributed by atoms with E-state index in [9.17, 15) is 0 Å². The molecule has 1 aromatic carbocycles. The van der Waals surface area contributed by atoms with Crippen LogP contribution in [0.3, 0.4) is 0 Å². The summed E-state index contributed by atoms with van der Waals surface area (Å²) in [5.74, 6) is 0.881. The molecule has 0 aliphatic heterocycles. The second-order valence-electron chi connectivity index (χ2n) is 5.52. The standard InChI is InChI=1S/C17H27NO2/c1-2-19-17-12-8-7-11-15(17)16(18)13-20-14-9-5-3-4-6-10-14/h7-8,11-12,14,16H,2-6,9-10,13,18H2,1H3. The van der Waals surface area contributed by atoms with Crippen LogP contribution in [0, 0.1) is 0 Å². The van der Waals surface area contributed by atoms with E-state index in [0.717, 1.165) is 11.3 Å². The van der Waals surface area contributed by atoms with Gasteiger partial charge in [-0.15, -0.1) is 0 Å². The Bertz CT molecular complexity index is 386. The first-order valence-corrected chi connectivity index (χ1v) is 7.90. The Labute approximate surface area is 122 Å². The van der Waals surface area contributed by atoms with Crippen molar-refractivity contribution in [2.24, 2.45) is 5.73 Å². The summed E-state index contributed by atoms with van der Waals surface area (Å²) in [6.45, 7) is 3.23. The number of hydrogen-bond acceptors (Lipinski definition) is 3. The fraction of sp³-hybridized carbons (Fsp3) is 0.647. The van der Waals surface area contributed by atoms with Gasteiger partial charge in [-0.1, -0.05) is 43.9 Å². The van der Waals surface area contributed by atoms with E-state index < -0.39 is 0 Å². The van der Waals surface area contributed by atoms with Gasteiger partial charge in [-0.2, -0.15) is 0 Å². The Hall–Kier alpha value is -1.06. The molecule has 0 saturated heterocycles. The van der Waals surface area contributed by atoms with Crippen molar-refractivity contribution in [3.05, 3.63) is 29.8 Å². The molecule has 1 aromatic rings. The summed E-state index contributed by atoms with van der Waals surface area (Å²) < 4.78 is 11.7. The second kappa shape index (κ2) is 8.28. The lowest BCUT2D eigenvalue weighted by Crippen LogP contribution is -2.22. The van der Waals surface area contributed by atoms with Gasteiger partial charge >= 0.3 is 0 Å². The highest BCUT2D eigenvalue weighted by Gasteiger charge is 2.16. The Kier molecular flexibility index (Phi) is 6.34. The summed E-state index contributed by atoms with van der Waals surface area (Å²) in [7, 11) is 0. The van der Waals surface area contributed by atoms with Crippen molar-refractivity contribution in [3.8, 4) is 5.75 Å². The van der Waals surface area contributed by atoms with Crippen LogP contribution in [0.5, 0.6) is 5.75 Å². The van der Waals surface area contributed by atoms with Crippen LogP contribution in [0.2, 0.25) is 0 Å². The topological polar surface area (TPSA) is 44.5 Å². The number of rotatable bonds is 6. The van der Waals surface area contributed by atoms with Crippen molar-refractivity contribution >= 4 is 0 Å². The molecule has 2 N–H and O–H groups in total. The Morgan fingerprint density at radius 2 is 1.85 bits per heavy atom. The molecule has 0 amide bonds. The predicted molar refractivity (Wildman–Crippen MR) is 82.0 cm³/mol. The third-order valence-corrected chi connectivity index (χ3v) is 3.93. The number of benzene rings is 1. The van der Waals surface area contributed by atoms with E-state index in [1.54, 1.807) is 0 Å². The lowest BCUT2D eigenvalue weighted by Gasteiger charge is -2.20. The van der Waals surface area contributed by atoms with Crippen molar-refractivity contribution in [2.45, 2.75) is 57.6 Å². The Balaban J connectivity index is 1.89. The van der Waals surface area contributed by atoms with Crippen LogP contribution in [0.1, 0.15) is 57.1 Å². The van der Waals surface area contributed by atoms with Crippen molar-refractivity contribution < 1.29 is 9.47 Å². The quantitative estimate of drug-likeness (QED) is 0.804. The molecule has 1 aliphatic carbocycles. The summed E-state index contributed by atoms with van der Waals surface area (Å²) in [5.41, 5.74) is 7.32. The third-order valence-electron chi connectivity index (χ3n) is 3.93. The molecule has 0 bridgehead atoms. The average Bonchev–Trinajstić information content (AvgIpc) is 2.74. The summed E-state index contributed by atoms with van der Waals surface area (Å²) in [6, 6.07) is 7.88. The molecule has 0 heterocycles. The largest absolute Gasteiger partial charge is 0.494 e. The fourth-order valence-corrected chi connectivity index (χ4v) is 2.81. The Morgan fingerprint density at radius 3 is 2.55 bits per heavy atom. The normalized spacial score (nSPS) is 18.5. The second-order valence-corrected chi connectivity index (χ2v) is 5.52. The Morgan fingerprint density at radius 1 is 1.15 bits per heavy atom. The van der Waals surface area contributed by atoms with Gasteiger partial charge in [0.2, 0.25) is 0 Å². The first kappa shape index (κ1) is 15.3. The van der Waals surface area contributed by atoms with Crippen LogP contribution >= 0.6 is 0 Å². The fourth-order valence-electron chi connectivity index (χ4n) is 2.81. The smallest absolute Gasteiger partial charge is 0.124 e. The van der Waals surface area contributed by atoms with E-state index in [0.29, 0.717) is 19.3 Å². The van der Waals surface area contributed by atoms with E-state index in [1.807, 2.05) is 31.2 Å². The molecule has 1 fully saturated rings. The van der Waals surface area contributed by atoms with Crippen LogP contribution in [0.15, 0.2) is 24.3 Å². The molecule has 20 heavy (non-hydrogen) atoms. The first-order chi connectivity index (χ1) is 9.81. The number of nitrogens with two attached hydrogens (primary N) is 1. The first-order valence-electron chi connectivity index (χ1n) is 7.90. The van der Waals surface area contributed by atoms with Crippen LogP contribution in [0.25, 0.3) is 0 Å². The molecule has 1 aliphatic rings. The summed E-state index contributed by atoms with van der Waals surface area (Å²) >= 11 is 0. The molecule has 0 radical (unpaired) electrons. The SMILES string of the molecule is CCOc1ccccc1C(N)COC1CCCCCC1. The van der Waals surface area contributed by atoms with Crippen LogP contribution in [-0.4, -0.2) is 19.3 Å². The van der Waals surface area contributed by atoms with Crippen LogP contribution in [0.4, 0.5) is 0 Å². The predicted octanol–water partition coefficient (Wildman–Crippen LogP) is 3.82. The molecule has 3 nitrogen and oxygen atoms in total. The van der Waals surface area contributed by atoms with Crippen molar-refractivity contribution in [1.29, 1.82) is 0 Å². The number of ether oxygens (including phenoxy) is 2.